The van der Waals surface area contributed by atoms with Crippen molar-refractivity contribution in [1.82, 2.24) is 9.97 Å². The standard InChI is InChI=1S/C8H6O2.C6H9N3O2/c9-8-7(10-8)6-4-2-1-3-5-6;7-5(6(10)11)1-4-2-8-3-9-4/h1-5,7H;2-3,5H,1,7H2,(H,8,9)(H,10,11)/t;5-/m.0/s1. The second-order valence-corrected chi connectivity index (χ2v) is 4.45. The lowest BCUT2D eigenvalue weighted by atomic mass is 10.2. The van der Waals surface area contributed by atoms with Gasteiger partial charge in [-0.3, -0.25) is 4.79 Å². The van der Waals surface area contributed by atoms with Gasteiger partial charge in [-0.2, -0.15) is 0 Å². The molecular weight excluding hydrogens is 274 g/mol. The van der Waals surface area contributed by atoms with E-state index >= 15 is 0 Å². The molecule has 2 heterocycles. The number of carboxylic acids is 1. The van der Waals surface area contributed by atoms with E-state index in [1.54, 1.807) is 6.20 Å². The van der Waals surface area contributed by atoms with E-state index in [-0.39, 0.29) is 18.5 Å². The molecule has 1 aliphatic rings. The van der Waals surface area contributed by atoms with Gasteiger partial charge >= 0.3 is 11.9 Å². The SMILES string of the molecule is N[C@@H](Cc1cnc[nH]1)C(=O)O.O=C1OC1c1ccccc1. The summed E-state index contributed by atoms with van der Waals surface area (Å²) in [6, 6.07) is 8.62. The van der Waals surface area contributed by atoms with Gasteiger partial charge in [0.15, 0.2) is 0 Å². The van der Waals surface area contributed by atoms with E-state index in [0.717, 1.165) is 11.3 Å². The number of hydrogen-bond donors (Lipinski definition) is 3. The summed E-state index contributed by atoms with van der Waals surface area (Å²) in [5, 5.41) is 8.42. The van der Waals surface area contributed by atoms with Crippen molar-refractivity contribution >= 4 is 11.9 Å². The molecule has 0 radical (unpaired) electrons. The number of nitrogens with two attached hydrogens (primary N) is 1. The number of aliphatic carboxylic acids is 1. The van der Waals surface area contributed by atoms with Crippen LogP contribution in [0.15, 0.2) is 42.9 Å². The molecule has 0 saturated carbocycles. The molecule has 3 rings (SSSR count). The van der Waals surface area contributed by atoms with Crippen LogP contribution in [-0.4, -0.2) is 33.1 Å². The molecule has 1 saturated heterocycles. The van der Waals surface area contributed by atoms with E-state index < -0.39 is 12.0 Å². The smallest absolute Gasteiger partial charge is 0.353 e. The third kappa shape index (κ3) is 4.43. The number of benzene rings is 1. The van der Waals surface area contributed by atoms with Gasteiger partial charge < -0.3 is 20.6 Å². The first-order valence-electron chi connectivity index (χ1n) is 6.29. The Labute approximate surface area is 120 Å². The Balaban J connectivity index is 0.000000154. The van der Waals surface area contributed by atoms with Crippen molar-refractivity contribution in [1.29, 1.82) is 0 Å². The van der Waals surface area contributed by atoms with Gasteiger partial charge in [0.2, 0.25) is 6.10 Å². The molecule has 2 aromatic rings. The fourth-order valence-electron chi connectivity index (χ4n) is 1.63. The number of carboxylic acid groups (broad SMARTS) is 1. The zero-order valence-corrected chi connectivity index (χ0v) is 11.1. The predicted molar refractivity (Wildman–Crippen MR) is 73.2 cm³/mol. The van der Waals surface area contributed by atoms with Crippen LogP contribution in [0.5, 0.6) is 0 Å². The minimum Gasteiger partial charge on any atom is -0.480 e. The summed E-state index contributed by atoms with van der Waals surface area (Å²) in [6.45, 7) is 0. The number of carbonyl (C=O) groups excluding carboxylic acids is 1. The largest absolute Gasteiger partial charge is 0.480 e. The van der Waals surface area contributed by atoms with Crippen LogP contribution in [0.4, 0.5) is 0 Å². The number of cyclic esters (lactones) is 1. The molecule has 0 spiro atoms. The summed E-state index contributed by atoms with van der Waals surface area (Å²) in [4.78, 5) is 27.2. The van der Waals surface area contributed by atoms with Gasteiger partial charge in [-0.05, 0) is 0 Å². The fraction of sp³-hybridized carbons (Fsp3) is 0.214. The number of rotatable bonds is 4. The van der Waals surface area contributed by atoms with Crippen molar-refractivity contribution in [3.05, 3.63) is 54.1 Å². The minimum absolute atomic E-state index is 0.119. The van der Waals surface area contributed by atoms with Crippen LogP contribution in [0, 0.1) is 0 Å². The van der Waals surface area contributed by atoms with Crippen molar-refractivity contribution in [2.45, 2.75) is 18.6 Å². The van der Waals surface area contributed by atoms with Crippen molar-refractivity contribution < 1.29 is 19.4 Å². The topological polar surface area (TPSA) is 122 Å². The first-order valence-corrected chi connectivity index (χ1v) is 6.29. The third-order valence-electron chi connectivity index (χ3n) is 2.81. The average Bonchev–Trinajstić information content (AvgIpc) is 2.99. The molecule has 21 heavy (non-hydrogen) atoms. The number of aromatic nitrogens is 2. The zero-order chi connectivity index (χ0) is 15.2. The summed E-state index contributed by atoms with van der Waals surface area (Å²) in [7, 11) is 0. The molecule has 7 heteroatoms. The molecule has 1 aliphatic heterocycles. The number of nitrogens with one attached hydrogen (secondary N) is 1. The zero-order valence-electron chi connectivity index (χ0n) is 11.1. The number of ether oxygens (including phenoxy) is 1. The van der Waals surface area contributed by atoms with Gasteiger partial charge in [0.05, 0.1) is 6.33 Å². The third-order valence-corrected chi connectivity index (χ3v) is 2.81. The Morgan fingerprint density at radius 2 is 2.10 bits per heavy atom. The van der Waals surface area contributed by atoms with Gasteiger partial charge in [-0.1, -0.05) is 30.3 Å². The lowest BCUT2D eigenvalue weighted by Crippen LogP contribution is -2.32. The first-order chi connectivity index (χ1) is 10.1. The molecule has 7 nitrogen and oxygen atoms in total. The Bertz CT molecular complexity index is 598. The molecule has 2 atom stereocenters. The monoisotopic (exact) mass is 289 g/mol. The average molecular weight is 289 g/mol. The van der Waals surface area contributed by atoms with E-state index in [1.165, 1.54) is 6.33 Å². The van der Waals surface area contributed by atoms with E-state index in [0.29, 0.717) is 0 Å². The lowest BCUT2D eigenvalue weighted by molar-refractivity contribution is -0.138. The van der Waals surface area contributed by atoms with Gasteiger partial charge in [0.25, 0.3) is 0 Å². The first kappa shape index (κ1) is 14.7. The second kappa shape index (κ2) is 6.67. The molecule has 1 fully saturated rings. The summed E-state index contributed by atoms with van der Waals surface area (Å²) in [5.41, 5.74) is 6.95. The maximum absolute atomic E-state index is 10.5. The molecule has 4 N–H and O–H groups in total. The maximum atomic E-state index is 10.5. The molecule has 1 aromatic heterocycles. The predicted octanol–water partition coefficient (Wildman–Crippen LogP) is 0.649. The number of hydrogen-bond acceptors (Lipinski definition) is 5. The molecule has 1 unspecified atom stereocenters. The van der Waals surface area contributed by atoms with Crippen LogP contribution in [0.3, 0.4) is 0 Å². The van der Waals surface area contributed by atoms with Crippen LogP contribution in [-0.2, 0) is 20.7 Å². The van der Waals surface area contributed by atoms with Crippen LogP contribution >= 0.6 is 0 Å². The number of aromatic amines is 1. The summed E-state index contributed by atoms with van der Waals surface area (Å²) in [6.07, 6.45) is 3.07. The van der Waals surface area contributed by atoms with Gasteiger partial charge in [-0.25, -0.2) is 9.78 Å². The maximum Gasteiger partial charge on any atom is 0.353 e. The summed E-state index contributed by atoms with van der Waals surface area (Å²) in [5.74, 6) is -1.12. The summed E-state index contributed by atoms with van der Waals surface area (Å²) < 4.78 is 4.66. The number of imidazole rings is 1. The fourth-order valence-corrected chi connectivity index (χ4v) is 1.63. The van der Waals surface area contributed by atoms with Crippen LogP contribution in [0.1, 0.15) is 17.4 Å². The minimum atomic E-state index is -1.00. The van der Waals surface area contributed by atoms with E-state index in [9.17, 15) is 9.59 Å². The quantitative estimate of drug-likeness (QED) is 0.710. The summed E-state index contributed by atoms with van der Waals surface area (Å²) >= 11 is 0. The van der Waals surface area contributed by atoms with Crippen LogP contribution < -0.4 is 5.73 Å². The van der Waals surface area contributed by atoms with Crippen LogP contribution in [0.25, 0.3) is 0 Å². The van der Waals surface area contributed by atoms with E-state index in [4.69, 9.17) is 10.8 Å². The lowest BCUT2D eigenvalue weighted by Gasteiger charge is -2.02. The van der Waals surface area contributed by atoms with Crippen LogP contribution in [0.2, 0.25) is 0 Å². The Hall–Kier alpha value is -2.67. The van der Waals surface area contributed by atoms with Crippen molar-refractivity contribution in [2.75, 3.05) is 0 Å². The highest BCUT2D eigenvalue weighted by Gasteiger charge is 2.39. The molecule has 110 valence electrons. The van der Waals surface area contributed by atoms with Gasteiger partial charge in [0.1, 0.15) is 6.04 Å². The highest BCUT2D eigenvalue weighted by Crippen LogP contribution is 2.30. The van der Waals surface area contributed by atoms with Gasteiger partial charge in [-0.15, -0.1) is 0 Å². The normalized spacial score (nSPS) is 17.2. The second-order valence-electron chi connectivity index (χ2n) is 4.45. The number of epoxide rings is 1. The van der Waals surface area contributed by atoms with Crippen molar-refractivity contribution in [2.24, 2.45) is 5.73 Å². The van der Waals surface area contributed by atoms with E-state index in [1.807, 2.05) is 30.3 Å². The highest BCUT2D eigenvalue weighted by atomic mass is 16.6. The Morgan fingerprint density at radius 1 is 1.43 bits per heavy atom. The highest BCUT2D eigenvalue weighted by molar-refractivity contribution is 5.88. The number of H-pyrrole nitrogens is 1. The van der Waals surface area contributed by atoms with Crippen molar-refractivity contribution in [3.63, 3.8) is 0 Å². The number of nitrogens with zero attached hydrogens (tertiary/aromatic N) is 1. The Morgan fingerprint density at radius 3 is 2.57 bits per heavy atom. The Kier molecular flexibility index (Phi) is 4.68. The van der Waals surface area contributed by atoms with E-state index in [2.05, 4.69) is 14.7 Å². The molecular formula is C14H15N3O4. The molecule has 1 aromatic carbocycles. The van der Waals surface area contributed by atoms with Gasteiger partial charge in [0, 0.05) is 23.9 Å². The molecule has 0 aliphatic carbocycles. The molecule has 0 amide bonds. The van der Waals surface area contributed by atoms with Crippen molar-refractivity contribution in [3.8, 4) is 0 Å². The number of carbonyl (C=O) groups is 2. The molecule has 0 bridgehead atoms.